The first-order valence-corrected chi connectivity index (χ1v) is 6.96. The maximum absolute atomic E-state index is 12.5. The summed E-state index contributed by atoms with van der Waals surface area (Å²) in [6.07, 6.45) is -0.905. The minimum atomic E-state index is -2.49. The number of benzene rings is 2. The molecule has 0 amide bonds. The topological polar surface area (TPSA) is 29.5 Å². The van der Waals surface area contributed by atoms with E-state index in [0.29, 0.717) is 17.2 Å². The molecule has 0 saturated heterocycles. The van der Waals surface area contributed by atoms with Gasteiger partial charge < -0.3 is 9.84 Å². The van der Waals surface area contributed by atoms with Crippen molar-refractivity contribution in [1.29, 1.82) is 0 Å². The number of aliphatic hydroxyl groups is 1. The molecule has 0 radical (unpaired) electrons. The van der Waals surface area contributed by atoms with Crippen LogP contribution in [-0.2, 0) is 0 Å². The van der Waals surface area contributed by atoms with E-state index >= 15 is 0 Å². The van der Waals surface area contributed by atoms with Crippen LogP contribution in [-0.4, -0.2) is 11.2 Å². The van der Waals surface area contributed by atoms with Crippen molar-refractivity contribution < 1.29 is 18.6 Å². The van der Waals surface area contributed by atoms with Crippen LogP contribution in [0, 0.1) is 0 Å². The Labute approximate surface area is 122 Å². The molecule has 0 heterocycles. The van der Waals surface area contributed by atoms with Gasteiger partial charge in [0.25, 0.3) is 6.43 Å². The zero-order valence-corrected chi connectivity index (χ0v) is 11.4. The predicted molar refractivity (Wildman–Crippen MR) is 75.6 cm³/mol. The minimum absolute atomic E-state index is 0.0447. The Kier molecular flexibility index (Phi) is 3.88. The van der Waals surface area contributed by atoms with Crippen molar-refractivity contribution in [3.63, 3.8) is 0 Å². The van der Waals surface area contributed by atoms with Crippen LogP contribution in [0.25, 0.3) is 0 Å². The summed E-state index contributed by atoms with van der Waals surface area (Å²) in [7, 11) is 0. The molecule has 0 aromatic heterocycles. The maximum atomic E-state index is 12.5. The van der Waals surface area contributed by atoms with E-state index in [1.807, 2.05) is 12.1 Å². The van der Waals surface area contributed by atoms with Gasteiger partial charge in [-0.15, -0.1) is 0 Å². The van der Waals surface area contributed by atoms with Gasteiger partial charge in [-0.3, -0.25) is 0 Å². The van der Waals surface area contributed by atoms with E-state index in [1.165, 1.54) is 24.3 Å². The minimum Gasteiger partial charge on any atom is -0.490 e. The lowest BCUT2D eigenvalue weighted by Crippen LogP contribution is -2.02. The first kappa shape index (κ1) is 14.0. The summed E-state index contributed by atoms with van der Waals surface area (Å²) in [5.41, 5.74) is 1.23. The molecular weight excluding hydrogens is 274 g/mol. The van der Waals surface area contributed by atoms with Gasteiger partial charge in [-0.05, 0) is 36.1 Å². The van der Waals surface area contributed by atoms with Gasteiger partial charge in [-0.1, -0.05) is 36.4 Å². The fourth-order valence-corrected chi connectivity index (χ4v) is 2.15. The summed E-state index contributed by atoms with van der Waals surface area (Å²) in [5.74, 6) is 0.734. The number of hydrogen-bond acceptors (Lipinski definition) is 2. The highest BCUT2D eigenvalue weighted by molar-refractivity contribution is 5.36. The van der Waals surface area contributed by atoms with Crippen LogP contribution >= 0.6 is 0 Å². The summed E-state index contributed by atoms with van der Waals surface area (Å²) in [6.45, 7) is 0. The number of ether oxygens (including phenoxy) is 1. The lowest BCUT2D eigenvalue weighted by molar-refractivity contribution is 0.151. The molecule has 110 valence electrons. The molecule has 0 aliphatic heterocycles. The van der Waals surface area contributed by atoms with Crippen molar-refractivity contribution in [2.75, 3.05) is 0 Å². The van der Waals surface area contributed by atoms with Crippen LogP contribution in [0.2, 0.25) is 0 Å². The van der Waals surface area contributed by atoms with Gasteiger partial charge in [0.15, 0.2) is 0 Å². The van der Waals surface area contributed by atoms with Crippen molar-refractivity contribution in [3.05, 3.63) is 65.2 Å². The van der Waals surface area contributed by atoms with E-state index in [0.717, 1.165) is 18.6 Å². The van der Waals surface area contributed by atoms with Crippen LogP contribution in [0.1, 0.15) is 42.1 Å². The Hall–Kier alpha value is -1.94. The highest BCUT2D eigenvalue weighted by atomic mass is 19.3. The SMILES string of the molecule is OC(c1ccc(C(F)F)cc1)c1cccc(OC2CC2)c1. The van der Waals surface area contributed by atoms with Gasteiger partial charge in [0.2, 0.25) is 0 Å². The number of aliphatic hydroxyl groups excluding tert-OH is 1. The zero-order chi connectivity index (χ0) is 14.8. The molecule has 2 aromatic carbocycles. The predicted octanol–water partition coefficient (Wildman–Crippen LogP) is 4.25. The van der Waals surface area contributed by atoms with Crippen molar-refractivity contribution in [3.8, 4) is 5.75 Å². The summed E-state index contributed by atoms with van der Waals surface area (Å²) in [5, 5.41) is 10.4. The fourth-order valence-electron chi connectivity index (χ4n) is 2.15. The third-order valence-corrected chi connectivity index (χ3v) is 3.51. The van der Waals surface area contributed by atoms with E-state index in [-0.39, 0.29) is 5.56 Å². The van der Waals surface area contributed by atoms with Gasteiger partial charge in [0.1, 0.15) is 11.9 Å². The van der Waals surface area contributed by atoms with Gasteiger partial charge in [-0.2, -0.15) is 0 Å². The second-order valence-electron chi connectivity index (χ2n) is 5.26. The van der Waals surface area contributed by atoms with E-state index in [4.69, 9.17) is 4.74 Å². The van der Waals surface area contributed by atoms with Gasteiger partial charge in [0, 0.05) is 5.56 Å². The summed E-state index contributed by atoms with van der Waals surface area (Å²) < 4.78 is 30.7. The number of halogens is 2. The molecule has 3 rings (SSSR count). The fraction of sp³-hybridized carbons (Fsp3) is 0.294. The molecule has 2 nitrogen and oxygen atoms in total. The lowest BCUT2D eigenvalue weighted by Gasteiger charge is -2.14. The molecule has 4 heteroatoms. The first-order valence-electron chi connectivity index (χ1n) is 6.96. The molecule has 0 bridgehead atoms. The van der Waals surface area contributed by atoms with Crippen LogP contribution in [0.15, 0.2) is 48.5 Å². The molecule has 1 N–H and O–H groups in total. The standard InChI is InChI=1S/C17H16F2O2/c18-17(19)12-6-4-11(5-7-12)16(20)13-2-1-3-15(10-13)21-14-8-9-14/h1-7,10,14,16-17,20H,8-9H2. The lowest BCUT2D eigenvalue weighted by atomic mass is 10.0. The number of rotatable bonds is 5. The van der Waals surface area contributed by atoms with Crippen molar-refractivity contribution >= 4 is 0 Å². The Bertz CT molecular complexity index is 606. The largest absolute Gasteiger partial charge is 0.490 e. The maximum Gasteiger partial charge on any atom is 0.263 e. The summed E-state index contributed by atoms with van der Waals surface area (Å²) in [6, 6.07) is 13.0. The third kappa shape index (κ3) is 3.39. The number of alkyl halides is 2. The Morgan fingerprint density at radius 1 is 0.952 bits per heavy atom. The Morgan fingerprint density at radius 2 is 1.62 bits per heavy atom. The quantitative estimate of drug-likeness (QED) is 0.892. The van der Waals surface area contributed by atoms with Crippen LogP contribution in [0.5, 0.6) is 5.75 Å². The van der Waals surface area contributed by atoms with E-state index in [9.17, 15) is 13.9 Å². The van der Waals surface area contributed by atoms with E-state index in [1.54, 1.807) is 12.1 Å². The molecule has 1 fully saturated rings. The molecule has 21 heavy (non-hydrogen) atoms. The normalized spacial score (nSPS) is 16.0. The molecule has 1 aliphatic rings. The van der Waals surface area contributed by atoms with Crippen molar-refractivity contribution in [1.82, 2.24) is 0 Å². The molecular formula is C17H16F2O2. The van der Waals surface area contributed by atoms with Gasteiger partial charge in [0.05, 0.1) is 6.10 Å². The first-order chi connectivity index (χ1) is 10.1. The second-order valence-corrected chi connectivity index (χ2v) is 5.26. The van der Waals surface area contributed by atoms with Gasteiger partial charge >= 0.3 is 0 Å². The highest BCUT2D eigenvalue weighted by Crippen LogP contribution is 2.30. The Balaban J connectivity index is 1.78. The summed E-state index contributed by atoms with van der Waals surface area (Å²) in [4.78, 5) is 0. The molecule has 1 unspecified atom stereocenters. The average molecular weight is 290 g/mol. The van der Waals surface area contributed by atoms with Crippen LogP contribution in [0.3, 0.4) is 0 Å². The molecule has 1 atom stereocenters. The molecule has 0 spiro atoms. The molecule has 1 aliphatic carbocycles. The smallest absolute Gasteiger partial charge is 0.263 e. The van der Waals surface area contributed by atoms with Crippen LogP contribution < -0.4 is 4.74 Å². The highest BCUT2D eigenvalue weighted by Gasteiger charge is 2.23. The monoisotopic (exact) mass is 290 g/mol. The summed E-state index contributed by atoms with van der Waals surface area (Å²) >= 11 is 0. The van der Waals surface area contributed by atoms with E-state index in [2.05, 4.69) is 0 Å². The number of hydrogen-bond donors (Lipinski definition) is 1. The molecule has 1 saturated carbocycles. The average Bonchev–Trinajstić information content (AvgIpc) is 3.31. The van der Waals surface area contributed by atoms with Crippen molar-refractivity contribution in [2.45, 2.75) is 31.5 Å². The molecule has 2 aromatic rings. The zero-order valence-electron chi connectivity index (χ0n) is 11.4. The van der Waals surface area contributed by atoms with Crippen LogP contribution in [0.4, 0.5) is 8.78 Å². The Morgan fingerprint density at radius 3 is 2.24 bits per heavy atom. The van der Waals surface area contributed by atoms with E-state index < -0.39 is 12.5 Å². The van der Waals surface area contributed by atoms with Crippen molar-refractivity contribution in [2.24, 2.45) is 0 Å². The second kappa shape index (κ2) is 5.82. The third-order valence-electron chi connectivity index (χ3n) is 3.51. The van der Waals surface area contributed by atoms with Gasteiger partial charge in [-0.25, -0.2) is 8.78 Å².